The van der Waals surface area contributed by atoms with Crippen LogP contribution in [0, 0.1) is 0 Å². The Kier molecular flexibility index (Phi) is 6.70. The fraction of sp³-hybridized carbons (Fsp3) is 0.143. The Hall–Kier alpha value is -2.55. The summed E-state index contributed by atoms with van der Waals surface area (Å²) in [5, 5.41) is 3.04. The molecule has 4 nitrogen and oxygen atoms in total. The van der Waals surface area contributed by atoms with E-state index in [2.05, 4.69) is 10.3 Å². The van der Waals surface area contributed by atoms with E-state index in [0.29, 0.717) is 17.1 Å². The zero-order chi connectivity index (χ0) is 20.4. The highest BCUT2D eigenvalue weighted by molar-refractivity contribution is 7.99. The monoisotopic (exact) mass is 451 g/mol. The number of benzene rings is 2. The average Bonchev–Trinajstić information content (AvgIpc) is 2.71. The maximum Gasteiger partial charge on any atom is 0.416 e. The second-order valence-electron chi connectivity index (χ2n) is 6.44. The minimum Gasteiger partial charge on any atom is -0.304 e. The van der Waals surface area contributed by atoms with Crippen molar-refractivity contribution in [3.05, 3.63) is 78.1 Å². The Morgan fingerprint density at radius 1 is 1.03 bits per heavy atom. The van der Waals surface area contributed by atoms with Gasteiger partial charge in [0.25, 0.3) is 0 Å². The van der Waals surface area contributed by atoms with E-state index in [1.165, 1.54) is 22.7 Å². The van der Waals surface area contributed by atoms with Crippen molar-refractivity contribution in [3.8, 4) is 0 Å². The summed E-state index contributed by atoms with van der Waals surface area (Å²) in [5.41, 5.74) is 0.959. The Morgan fingerprint density at radius 3 is 2.53 bits per heavy atom. The average molecular weight is 452 g/mol. The highest BCUT2D eigenvalue weighted by Crippen LogP contribution is 2.49. The summed E-state index contributed by atoms with van der Waals surface area (Å²) >= 11 is 1.35. The van der Waals surface area contributed by atoms with Crippen molar-refractivity contribution in [2.75, 3.05) is 11.4 Å². The first kappa shape index (κ1) is 22.1. The number of aromatic nitrogens is 1. The third-order valence-electron chi connectivity index (χ3n) is 4.43. The molecule has 1 aliphatic rings. The lowest BCUT2D eigenvalue weighted by Gasteiger charge is -2.31. The smallest absolute Gasteiger partial charge is 0.304 e. The van der Waals surface area contributed by atoms with Gasteiger partial charge in [0, 0.05) is 28.7 Å². The minimum absolute atomic E-state index is 0. The van der Waals surface area contributed by atoms with Gasteiger partial charge in [-0.25, -0.2) is 0 Å². The minimum atomic E-state index is -4.48. The van der Waals surface area contributed by atoms with Crippen LogP contribution in [-0.2, 0) is 17.5 Å². The van der Waals surface area contributed by atoms with Crippen LogP contribution in [0.3, 0.4) is 0 Å². The maximum atomic E-state index is 13.2. The highest BCUT2D eigenvalue weighted by atomic mass is 35.5. The molecule has 4 rings (SSSR count). The molecule has 0 atom stereocenters. The van der Waals surface area contributed by atoms with Gasteiger partial charge in [-0.3, -0.25) is 14.7 Å². The fourth-order valence-corrected chi connectivity index (χ4v) is 4.13. The quantitative estimate of drug-likeness (QED) is 0.573. The van der Waals surface area contributed by atoms with Crippen LogP contribution in [0.1, 0.15) is 11.1 Å². The van der Waals surface area contributed by atoms with Crippen molar-refractivity contribution in [1.29, 1.82) is 0 Å². The number of nitrogens with one attached hydrogen (secondary N) is 1. The number of alkyl halides is 3. The fourth-order valence-electron chi connectivity index (χ4n) is 3.10. The van der Waals surface area contributed by atoms with Gasteiger partial charge in [-0.05, 0) is 42.0 Å². The molecule has 0 unspecified atom stereocenters. The predicted molar refractivity (Wildman–Crippen MR) is 112 cm³/mol. The van der Waals surface area contributed by atoms with Gasteiger partial charge < -0.3 is 5.32 Å². The van der Waals surface area contributed by atoms with Crippen LogP contribution < -0.4 is 10.2 Å². The number of hydrogen-bond acceptors (Lipinski definition) is 4. The van der Waals surface area contributed by atoms with Crippen molar-refractivity contribution in [2.24, 2.45) is 0 Å². The molecule has 0 saturated carbocycles. The van der Waals surface area contributed by atoms with Crippen LogP contribution >= 0.6 is 24.2 Å². The second-order valence-corrected chi connectivity index (χ2v) is 7.53. The molecule has 0 bridgehead atoms. The standard InChI is InChI=1S/C21H16F3N3OS.ClH/c22-21(23,24)15-7-8-19-17(10-15)27(16-5-1-2-6-18(16)29-19)20(28)13-26-12-14-4-3-9-25-11-14;/h1-11,26H,12-13H2;1H. The molecule has 2 heterocycles. The van der Waals surface area contributed by atoms with Crippen molar-refractivity contribution in [2.45, 2.75) is 22.5 Å². The Labute approximate surface area is 181 Å². The summed E-state index contributed by atoms with van der Waals surface area (Å²) in [6.07, 6.45) is -1.13. The summed E-state index contributed by atoms with van der Waals surface area (Å²) in [4.78, 5) is 19.8. The van der Waals surface area contributed by atoms with Gasteiger partial charge in [-0.15, -0.1) is 12.4 Å². The first-order chi connectivity index (χ1) is 13.9. The van der Waals surface area contributed by atoms with E-state index in [0.717, 1.165) is 22.6 Å². The van der Waals surface area contributed by atoms with Crippen LogP contribution in [-0.4, -0.2) is 17.4 Å². The zero-order valence-electron chi connectivity index (χ0n) is 15.5. The van der Waals surface area contributed by atoms with Gasteiger partial charge in [0.2, 0.25) is 5.91 Å². The zero-order valence-corrected chi connectivity index (χ0v) is 17.2. The van der Waals surface area contributed by atoms with Crippen LogP contribution in [0.4, 0.5) is 24.5 Å². The normalized spacial score (nSPS) is 12.6. The molecular weight excluding hydrogens is 435 g/mol. The number of anilines is 2. The van der Waals surface area contributed by atoms with Crippen LogP contribution in [0.2, 0.25) is 0 Å². The van der Waals surface area contributed by atoms with Gasteiger partial charge in [0.05, 0.1) is 23.5 Å². The molecule has 0 spiro atoms. The number of rotatable bonds is 4. The van der Waals surface area contributed by atoms with Crippen molar-refractivity contribution >= 4 is 41.5 Å². The predicted octanol–water partition coefficient (Wildman–Crippen LogP) is 5.44. The number of carbonyl (C=O) groups excluding carboxylic acids is 1. The van der Waals surface area contributed by atoms with Gasteiger partial charge in [-0.1, -0.05) is 30.0 Å². The van der Waals surface area contributed by atoms with Crippen molar-refractivity contribution in [1.82, 2.24) is 10.3 Å². The topological polar surface area (TPSA) is 45.2 Å². The molecule has 1 aliphatic heterocycles. The SMILES string of the molecule is Cl.O=C(CNCc1cccnc1)N1c2ccccc2Sc2ccc(C(F)(F)F)cc21. The van der Waals surface area contributed by atoms with E-state index < -0.39 is 11.7 Å². The van der Waals surface area contributed by atoms with Crippen molar-refractivity contribution < 1.29 is 18.0 Å². The molecular formula is C21H17ClF3N3OS. The molecule has 0 fully saturated rings. The molecule has 3 aromatic rings. The molecule has 156 valence electrons. The largest absolute Gasteiger partial charge is 0.416 e. The number of pyridine rings is 1. The van der Waals surface area contributed by atoms with Crippen LogP contribution in [0.5, 0.6) is 0 Å². The third kappa shape index (κ3) is 4.61. The second kappa shape index (κ2) is 9.07. The third-order valence-corrected chi connectivity index (χ3v) is 5.56. The number of fused-ring (bicyclic) bond motifs is 2. The number of para-hydroxylation sites is 1. The summed E-state index contributed by atoms with van der Waals surface area (Å²) in [6, 6.07) is 14.4. The van der Waals surface area contributed by atoms with Gasteiger partial charge in [0.1, 0.15) is 0 Å². The van der Waals surface area contributed by atoms with Gasteiger partial charge >= 0.3 is 6.18 Å². The van der Waals surface area contributed by atoms with E-state index in [9.17, 15) is 18.0 Å². The summed E-state index contributed by atoms with van der Waals surface area (Å²) in [5.74, 6) is -0.331. The van der Waals surface area contributed by atoms with E-state index >= 15 is 0 Å². The molecule has 1 N–H and O–H groups in total. The number of hydrogen-bond donors (Lipinski definition) is 1. The summed E-state index contributed by atoms with van der Waals surface area (Å²) < 4.78 is 39.7. The lowest BCUT2D eigenvalue weighted by Crippen LogP contribution is -2.36. The molecule has 9 heteroatoms. The molecule has 2 aromatic carbocycles. The molecule has 0 saturated heterocycles. The van der Waals surface area contributed by atoms with E-state index in [1.54, 1.807) is 30.6 Å². The van der Waals surface area contributed by atoms with Crippen molar-refractivity contribution in [3.63, 3.8) is 0 Å². The first-order valence-electron chi connectivity index (χ1n) is 8.84. The molecule has 1 amide bonds. The number of carbonyl (C=O) groups is 1. The maximum absolute atomic E-state index is 13.2. The van der Waals surface area contributed by atoms with Gasteiger partial charge in [0.15, 0.2) is 0 Å². The molecule has 0 radical (unpaired) electrons. The number of amides is 1. The highest BCUT2D eigenvalue weighted by Gasteiger charge is 2.34. The molecule has 1 aromatic heterocycles. The van der Waals surface area contributed by atoms with E-state index in [-0.39, 0.29) is 30.5 Å². The van der Waals surface area contributed by atoms with Crippen LogP contribution in [0.15, 0.2) is 76.8 Å². The van der Waals surface area contributed by atoms with Crippen LogP contribution in [0.25, 0.3) is 0 Å². The lowest BCUT2D eigenvalue weighted by atomic mass is 10.1. The Balaban J connectivity index is 0.00000256. The first-order valence-corrected chi connectivity index (χ1v) is 9.66. The molecule has 0 aliphatic carbocycles. The van der Waals surface area contributed by atoms with E-state index in [1.807, 2.05) is 18.2 Å². The van der Waals surface area contributed by atoms with E-state index in [4.69, 9.17) is 0 Å². The number of halogens is 4. The lowest BCUT2D eigenvalue weighted by molar-refractivity contribution is -0.137. The Morgan fingerprint density at radius 2 is 1.80 bits per heavy atom. The summed E-state index contributed by atoms with van der Waals surface area (Å²) in [7, 11) is 0. The number of nitrogens with zero attached hydrogens (tertiary/aromatic N) is 2. The summed E-state index contributed by atoms with van der Waals surface area (Å²) in [6.45, 7) is 0.406. The molecule has 30 heavy (non-hydrogen) atoms. The Bertz CT molecular complexity index is 1050. The van der Waals surface area contributed by atoms with Gasteiger partial charge in [-0.2, -0.15) is 13.2 Å².